The Labute approximate surface area is 199 Å². The Bertz CT molecular complexity index is 711. The number of rotatable bonds is 14. The molecule has 1 rings (SSSR count). The number of amides is 3. The van der Waals surface area contributed by atoms with Crippen molar-refractivity contribution >= 4 is 42.3 Å². The van der Waals surface area contributed by atoms with Gasteiger partial charge in [0.15, 0.2) is 5.96 Å². The van der Waals surface area contributed by atoms with Crippen LogP contribution in [0.4, 0.5) is 0 Å². The summed E-state index contributed by atoms with van der Waals surface area (Å²) >= 11 is 4.16. The van der Waals surface area contributed by atoms with Crippen LogP contribution in [0.3, 0.4) is 0 Å². The highest BCUT2D eigenvalue weighted by atomic mass is 32.1. The monoisotopic (exact) mass is 487 g/mol. The fourth-order valence-electron chi connectivity index (χ4n) is 3.35. The predicted molar refractivity (Wildman–Crippen MR) is 128 cm³/mol. The van der Waals surface area contributed by atoms with E-state index in [2.05, 4.69) is 38.9 Å². The molecule has 3 amide bonds. The zero-order valence-corrected chi connectivity index (χ0v) is 20.1. The van der Waals surface area contributed by atoms with Crippen LogP contribution in [-0.4, -0.2) is 77.8 Å². The maximum Gasteiger partial charge on any atom is 0.326 e. The molecule has 1 heterocycles. The first kappa shape index (κ1) is 28.5. The van der Waals surface area contributed by atoms with Crippen LogP contribution in [0, 0.1) is 5.92 Å². The van der Waals surface area contributed by atoms with Crippen molar-refractivity contribution in [2.24, 2.45) is 22.4 Å². The first-order chi connectivity index (χ1) is 15.6. The van der Waals surface area contributed by atoms with Crippen LogP contribution in [-0.2, 0) is 19.2 Å². The van der Waals surface area contributed by atoms with Crippen molar-refractivity contribution in [1.82, 2.24) is 21.3 Å². The minimum Gasteiger partial charge on any atom is -0.480 e. The molecule has 0 radical (unpaired) electrons. The largest absolute Gasteiger partial charge is 0.480 e. The van der Waals surface area contributed by atoms with Crippen molar-refractivity contribution in [1.29, 1.82) is 0 Å². The van der Waals surface area contributed by atoms with E-state index in [4.69, 9.17) is 11.5 Å². The molecule has 0 spiro atoms. The Hall–Kier alpha value is -2.54. The highest BCUT2D eigenvalue weighted by molar-refractivity contribution is 7.80. The summed E-state index contributed by atoms with van der Waals surface area (Å²) < 4.78 is 0. The summed E-state index contributed by atoms with van der Waals surface area (Å²) in [6.45, 7) is 4.59. The van der Waals surface area contributed by atoms with Gasteiger partial charge in [-0.25, -0.2) is 4.79 Å². The van der Waals surface area contributed by atoms with Crippen molar-refractivity contribution in [3.63, 3.8) is 0 Å². The number of carboxylic acid groups (broad SMARTS) is 1. The third-order valence-electron chi connectivity index (χ3n) is 5.55. The molecule has 0 aromatic carbocycles. The van der Waals surface area contributed by atoms with Gasteiger partial charge in [-0.1, -0.05) is 20.3 Å². The van der Waals surface area contributed by atoms with Gasteiger partial charge in [-0.15, -0.1) is 0 Å². The lowest BCUT2D eigenvalue weighted by Gasteiger charge is -2.27. The number of hydrogen-bond donors (Lipinski definition) is 8. The number of carboxylic acids is 1. The second kappa shape index (κ2) is 14.6. The Morgan fingerprint density at radius 1 is 1.15 bits per heavy atom. The molecule has 13 heteroatoms. The van der Waals surface area contributed by atoms with Gasteiger partial charge < -0.3 is 37.8 Å². The molecular weight excluding hydrogens is 450 g/mol. The second-order valence-corrected chi connectivity index (χ2v) is 8.48. The summed E-state index contributed by atoms with van der Waals surface area (Å²) in [6, 6.07) is -3.43. The first-order valence-corrected chi connectivity index (χ1v) is 11.8. The molecule has 5 unspecified atom stereocenters. The van der Waals surface area contributed by atoms with Crippen LogP contribution >= 0.6 is 12.6 Å². The standard InChI is InChI=1S/C20H37N7O5S/c1-3-11(2)15(18(30)25-13(19(31)32)7-5-9-24-20(21)22)27-17(29)14(10-33)26-16(28)12-6-4-8-23-12/h11-15,23,33H,3-10H2,1-2H3,(H,25,30)(H,26,28)(H,27,29)(H,31,32)(H4,21,22,24). The van der Waals surface area contributed by atoms with Gasteiger partial charge in [-0.3, -0.25) is 19.4 Å². The van der Waals surface area contributed by atoms with Crippen molar-refractivity contribution in [2.75, 3.05) is 18.8 Å². The van der Waals surface area contributed by atoms with Gasteiger partial charge in [-0.05, 0) is 38.1 Å². The van der Waals surface area contributed by atoms with Gasteiger partial charge in [0.25, 0.3) is 0 Å². The summed E-state index contributed by atoms with van der Waals surface area (Å²) in [5.41, 5.74) is 10.5. The quantitative estimate of drug-likeness (QED) is 0.0613. The van der Waals surface area contributed by atoms with Crippen molar-refractivity contribution in [2.45, 2.75) is 70.1 Å². The summed E-state index contributed by atoms with van der Waals surface area (Å²) in [7, 11) is 0. The van der Waals surface area contributed by atoms with Gasteiger partial charge in [-0.2, -0.15) is 12.6 Å². The van der Waals surface area contributed by atoms with E-state index in [0.717, 1.165) is 13.0 Å². The van der Waals surface area contributed by atoms with Crippen LogP contribution < -0.4 is 32.7 Å². The summed E-state index contributed by atoms with van der Waals surface area (Å²) in [5, 5.41) is 20.3. The lowest BCUT2D eigenvalue weighted by atomic mass is 9.97. The molecule has 0 aromatic heterocycles. The molecule has 12 nitrogen and oxygen atoms in total. The molecular formula is C20H37N7O5S. The van der Waals surface area contributed by atoms with Gasteiger partial charge in [0.1, 0.15) is 18.1 Å². The van der Waals surface area contributed by atoms with E-state index in [9.17, 15) is 24.3 Å². The molecule has 0 aromatic rings. The highest BCUT2D eigenvalue weighted by Crippen LogP contribution is 2.11. The van der Waals surface area contributed by atoms with E-state index in [1.54, 1.807) is 6.92 Å². The molecule has 0 saturated carbocycles. The third-order valence-corrected chi connectivity index (χ3v) is 5.91. The average Bonchev–Trinajstić information content (AvgIpc) is 3.31. The minimum atomic E-state index is -1.20. The zero-order chi connectivity index (χ0) is 25.0. The fourth-order valence-corrected chi connectivity index (χ4v) is 3.61. The first-order valence-electron chi connectivity index (χ1n) is 11.1. The lowest BCUT2D eigenvalue weighted by Crippen LogP contribution is -2.59. The molecule has 1 aliphatic heterocycles. The fraction of sp³-hybridized carbons (Fsp3) is 0.750. The van der Waals surface area contributed by atoms with Crippen LogP contribution in [0.2, 0.25) is 0 Å². The topological polar surface area (TPSA) is 201 Å². The van der Waals surface area contributed by atoms with Gasteiger partial charge >= 0.3 is 5.97 Å². The SMILES string of the molecule is CCC(C)C(NC(=O)C(CS)NC(=O)C1CCCN1)C(=O)NC(CCCN=C(N)N)C(=O)O. The number of hydrogen-bond acceptors (Lipinski definition) is 7. The normalized spacial score (nSPS) is 18.9. The van der Waals surface area contributed by atoms with E-state index in [1.165, 1.54) is 0 Å². The van der Waals surface area contributed by atoms with Gasteiger partial charge in [0.2, 0.25) is 17.7 Å². The van der Waals surface area contributed by atoms with Crippen LogP contribution in [0.1, 0.15) is 46.0 Å². The summed E-state index contributed by atoms with van der Waals surface area (Å²) in [6.07, 6.45) is 2.58. The molecule has 1 aliphatic rings. The number of carbonyl (C=O) groups excluding carboxylic acids is 3. The molecule has 5 atom stereocenters. The number of nitrogens with zero attached hydrogens (tertiary/aromatic N) is 1. The number of carbonyl (C=O) groups is 4. The maximum atomic E-state index is 12.9. The van der Waals surface area contributed by atoms with Crippen molar-refractivity contribution < 1.29 is 24.3 Å². The van der Waals surface area contributed by atoms with E-state index >= 15 is 0 Å². The number of guanidine groups is 1. The third kappa shape index (κ3) is 9.86. The maximum absolute atomic E-state index is 12.9. The number of nitrogens with two attached hydrogens (primary N) is 2. The predicted octanol–water partition coefficient (Wildman–Crippen LogP) is -1.69. The Morgan fingerprint density at radius 2 is 1.85 bits per heavy atom. The molecule has 1 saturated heterocycles. The Morgan fingerprint density at radius 3 is 2.36 bits per heavy atom. The Balaban J connectivity index is 2.79. The van der Waals surface area contributed by atoms with E-state index < -0.39 is 35.9 Å². The number of aliphatic imine (C=N–C) groups is 1. The molecule has 0 bridgehead atoms. The highest BCUT2D eigenvalue weighted by Gasteiger charge is 2.33. The molecule has 33 heavy (non-hydrogen) atoms. The number of nitrogens with one attached hydrogen (secondary N) is 4. The average molecular weight is 488 g/mol. The molecule has 0 aliphatic carbocycles. The van der Waals surface area contributed by atoms with E-state index in [0.29, 0.717) is 19.3 Å². The zero-order valence-electron chi connectivity index (χ0n) is 19.2. The summed E-state index contributed by atoms with van der Waals surface area (Å²) in [5.74, 6) is -3.01. The lowest BCUT2D eigenvalue weighted by molar-refractivity contribution is -0.142. The minimum absolute atomic E-state index is 0.0433. The smallest absolute Gasteiger partial charge is 0.326 e. The molecule has 188 valence electrons. The van der Waals surface area contributed by atoms with Crippen LogP contribution in [0.15, 0.2) is 4.99 Å². The summed E-state index contributed by atoms with van der Waals surface area (Å²) in [4.78, 5) is 53.5. The van der Waals surface area contributed by atoms with Crippen molar-refractivity contribution in [3.05, 3.63) is 0 Å². The van der Waals surface area contributed by atoms with E-state index in [-0.39, 0.29) is 42.5 Å². The number of thiol groups is 1. The van der Waals surface area contributed by atoms with Crippen LogP contribution in [0.25, 0.3) is 0 Å². The Kier molecular flexibility index (Phi) is 12.6. The van der Waals surface area contributed by atoms with E-state index in [1.807, 2.05) is 6.92 Å². The van der Waals surface area contributed by atoms with Crippen LogP contribution in [0.5, 0.6) is 0 Å². The van der Waals surface area contributed by atoms with Gasteiger partial charge in [0.05, 0.1) is 6.04 Å². The number of aliphatic carboxylic acids is 1. The molecule has 9 N–H and O–H groups in total. The van der Waals surface area contributed by atoms with Gasteiger partial charge in [0, 0.05) is 12.3 Å². The molecule has 1 fully saturated rings. The van der Waals surface area contributed by atoms with Crippen molar-refractivity contribution in [3.8, 4) is 0 Å². The second-order valence-electron chi connectivity index (χ2n) is 8.11.